The second kappa shape index (κ2) is 10.2. The van der Waals surface area contributed by atoms with Gasteiger partial charge < -0.3 is 15.2 Å². The third-order valence-electron chi connectivity index (χ3n) is 4.27. The molecule has 0 fully saturated rings. The molecule has 7 nitrogen and oxygen atoms in total. The lowest BCUT2D eigenvalue weighted by Crippen LogP contribution is -2.18. The molecular formula is C21H21F2N5O2S. The summed E-state index contributed by atoms with van der Waals surface area (Å²) in [5, 5.41) is 13.7. The third-order valence-corrected chi connectivity index (χ3v) is 5.23. The maximum absolute atomic E-state index is 13.7. The van der Waals surface area contributed by atoms with Crippen molar-refractivity contribution in [2.75, 3.05) is 16.4 Å². The van der Waals surface area contributed by atoms with E-state index in [1.807, 2.05) is 32.0 Å². The van der Waals surface area contributed by atoms with Gasteiger partial charge in [0, 0.05) is 18.3 Å². The fraction of sp³-hybridized carbons (Fsp3) is 0.238. The molecule has 0 saturated heterocycles. The van der Waals surface area contributed by atoms with E-state index in [1.165, 1.54) is 0 Å². The third kappa shape index (κ3) is 6.11. The first-order valence-electron chi connectivity index (χ1n) is 9.52. The molecule has 2 amide bonds. The Kier molecular flexibility index (Phi) is 7.35. The van der Waals surface area contributed by atoms with Crippen LogP contribution in [0, 0.1) is 18.6 Å². The van der Waals surface area contributed by atoms with Gasteiger partial charge in [0.05, 0.1) is 17.9 Å². The average molecular weight is 445 g/mol. The number of anilines is 2. The summed E-state index contributed by atoms with van der Waals surface area (Å²) in [6.07, 6.45) is 0.0239. The van der Waals surface area contributed by atoms with Crippen LogP contribution in [0.5, 0.6) is 0 Å². The molecule has 1 heterocycles. The van der Waals surface area contributed by atoms with Crippen LogP contribution in [-0.2, 0) is 22.6 Å². The van der Waals surface area contributed by atoms with Crippen molar-refractivity contribution >= 4 is 35.0 Å². The summed E-state index contributed by atoms with van der Waals surface area (Å²) in [7, 11) is 0. The summed E-state index contributed by atoms with van der Waals surface area (Å²) in [5.74, 6) is -1.74. The molecule has 3 rings (SSSR count). The van der Waals surface area contributed by atoms with E-state index < -0.39 is 17.5 Å². The number of aryl methyl sites for hydroxylation is 1. The first-order valence-corrected chi connectivity index (χ1v) is 10.5. The molecule has 0 aliphatic heterocycles. The van der Waals surface area contributed by atoms with Gasteiger partial charge in [0.2, 0.25) is 11.8 Å². The molecule has 3 aromatic rings. The molecule has 0 spiro atoms. The molecule has 0 radical (unpaired) electrons. The molecule has 162 valence electrons. The van der Waals surface area contributed by atoms with E-state index in [0.29, 0.717) is 23.2 Å². The van der Waals surface area contributed by atoms with Crippen LogP contribution in [0.3, 0.4) is 0 Å². The van der Waals surface area contributed by atoms with E-state index in [9.17, 15) is 18.4 Å². The quantitative estimate of drug-likeness (QED) is 0.515. The van der Waals surface area contributed by atoms with Gasteiger partial charge in [0.1, 0.15) is 17.5 Å². The van der Waals surface area contributed by atoms with Gasteiger partial charge in [-0.1, -0.05) is 23.9 Å². The number of nitrogens with one attached hydrogen (secondary N) is 2. The summed E-state index contributed by atoms with van der Waals surface area (Å²) in [6, 6.07) is 10.3. The van der Waals surface area contributed by atoms with Gasteiger partial charge in [-0.05, 0) is 43.7 Å². The second-order valence-electron chi connectivity index (χ2n) is 6.70. The number of rotatable bonds is 8. The standard InChI is InChI=1S/C21H21F2N5O2S/c1-3-28-18(11-19(29)24-15-6-4-5-13(2)9-15)26-27-21(28)31-12-20(30)25-17-10-14(22)7-8-16(17)23/h4-10H,3,11-12H2,1-2H3,(H,24,29)(H,25,30). The number of halogens is 2. The highest BCUT2D eigenvalue weighted by Crippen LogP contribution is 2.20. The normalized spacial score (nSPS) is 10.7. The molecule has 0 atom stereocenters. The number of hydrogen-bond acceptors (Lipinski definition) is 5. The predicted octanol–water partition coefficient (Wildman–Crippen LogP) is 3.80. The van der Waals surface area contributed by atoms with Gasteiger partial charge in [-0.25, -0.2) is 8.78 Å². The summed E-state index contributed by atoms with van der Waals surface area (Å²) in [6.45, 7) is 4.31. The lowest BCUT2D eigenvalue weighted by atomic mass is 10.2. The van der Waals surface area contributed by atoms with Crippen molar-refractivity contribution in [3.8, 4) is 0 Å². The molecule has 2 N–H and O–H groups in total. The van der Waals surface area contributed by atoms with E-state index in [4.69, 9.17) is 0 Å². The van der Waals surface area contributed by atoms with Crippen LogP contribution in [0.1, 0.15) is 18.3 Å². The number of carbonyl (C=O) groups excluding carboxylic acids is 2. The Morgan fingerprint density at radius 1 is 1.06 bits per heavy atom. The fourth-order valence-corrected chi connectivity index (χ4v) is 3.68. The zero-order chi connectivity index (χ0) is 22.4. The SMILES string of the molecule is CCn1c(CC(=O)Nc2cccc(C)c2)nnc1SCC(=O)Nc1cc(F)ccc1F. The molecule has 2 aromatic carbocycles. The minimum atomic E-state index is -0.724. The maximum Gasteiger partial charge on any atom is 0.234 e. The van der Waals surface area contributed by atoms with Crippen LogP contribution in [-0.4, -0.2) is 32.3 Å². The average Bonchev–Trinajstić information content (AvgIpc) is 3.10. The van der Waals surface area contributed by atoms with Gasteiger partial charge in [0.25, 0.3) is 0 Å². The first kappa shape index (κ1) is 22.4. The van der Waals surface area contributed by atoms with Crippen molar-refractivity contribution in [2.24, 2.45) is 0 Å². The van der Waals surface area contributed by atoms with Gasteiger partial charge in [-0.15, -0.1) is 10.2 Å². The van der Waals surface area contributed by atoms with Gasteiger partial charge >= 0.3 is 0 Å². The maximum atomic E-state index is 13.7. The zero-order valence-electron chi connectivity index (χ0n) is 17.0. The van der Waals surface area contributed by atoms with Gasteiger partial charge in [0.15, 0.2) is 5.16 Å². The van der Waals surface area contributed by atoms with Crippen LogP contribution in [0.4, 0.5) is 20.2 Å². The molecule has 1 aromatic heterocycles. The first-order chi connectivity index (χ1) is 14.9. The number of hydrogen-bond donors (Lipinski definition) is 2. The van der Waals surface area contributed by atoms with E-state index in [-0.39, 0.29) is 23.8 Å². The van der Waals surface area contributed by atoms with E-state index in [1.54, 1.807) is 10.6 Å². The Morgan fingerprint density at radius 3 is 2.61 bits per heavy atom. The lowest BCUT2D eigenvalue weighted by Gasteiger charge is -2.09. The molecule has 0 unspecified atom stereocenters. The number of nitrogens with zero attached hydrogens (tertiary/aromatic N) is 3. The molecule has 0 aliphatic rings. The molecule has 31 heavy (non-hydrogen) atoms. The van der Waals surface area contributed by atoms with E-state index in [0.717, 1.165) is 35.5 Å². The van der Waals surface area contributed by atoms with Crippen molar-refractivity contribution in [1.29, 1.82) is 0 Å². The highest BCUT2D eigenvalue weighted by Gasteiger charge is 2.17. The van der Waals surface area contributed by atoms with Crippen molar-refractivity contribution in [3.05, 3.63) is 65.5 Å². The van der Waals surface area contributed by atoms with Gasteiger partial charge in [-0.3, -0.25) is 9.59 Å². The molecule has 10 heteroatoms. The Hall–Kier alpha value is -3.27. The largest absolute Gasteiger partial charge is 0.326 e. The monoisotopic (exact) mass is 445 g/mol. The van der Waals surface area contributed by atoms with E-state index >= 15 is 0 Å². The number of benzene rings is 2. The summed E-state index contributed by atoms with van der Waals surface area (Å²) >= 11 is 1.09. The Bertz CT molecular complexity index is 1100. The van der Waals surface area contributed by atoms with Crippen LogP contribution >= 0.6 is 11.8 Å². The number of amides is 2. The van der Waals surface area contributed by atoms with Gasteiger partial charge in [-0.2, -0.15) is 0 Å². The van der Waals surface area contributed by atoms with Crippen molar-refractivity contribution in [2.45, 2.75) is 32.0 Å². The van der Waals surface area contributed by atoms with E-state index in [2.05, 4.69) is 20.8 Å². The molecule has 0 saturated carbocycles. The van der Waals surface area contributed by atoms with Crippen LogP contribution < -0.4 is 10.6 Å². The molecule has 0 bridgehead atoms. The molecular weight excluding hydrogens is 424 g/mol. The Labute approximate surface area is 182 Å². The summed E-state index contributed by atoms with van der Waals surface area (Å²) in [5.41, 5.74) is 1.50. The smallest absolute Gasteiger partial charge is 0.234 e. The van der Waals surface area contributed by atoms with Crippen molar-refractivity contribution in [1.82, 2.24) is 14.8 Å². The zero-order valence-corrected chi connectivity index (χ0v) is 17.8. The molecule has 0 aliphatic carbocycles. The topological polar surface area (TPSA) is 88.9 Å². The van der Waals surface area contributed by atoms with Crippen LogP contribution in [0.2, 0.25) is 0 Å². The summed E-state index contributed by atoms with van der Waals surface area (Å²) in [4.78, 5) is 24.5. The summed E-state index contributed by atoms with van der Waals surface area (Å²) < 4.78 is 28.6. The minimum Gasteiger partial charge on any atom is -0.326 e. The Morgan fingerprint density at radius 2 is 1.87 bits per heavy atom. The minimum absolute atomic E-state index is 0.0239. The second-order valence-corrected chi connectivity index (χ2v) is 7.64. The van der Waals surface area contributed by atoms with Crippen molar-refractivity contribution in [3.63, 3.8) is 0 Å². The number of carbonyl (C=O) groups is 2. The van der Waals surface area contributed by atoms with Crippen LogP contribution in [0.25, 0.3) is 0 Å². The highest BCUT2D eigenvalue weighted by molar-refractivity contribution is 7.99. The van der Waals surface area contributed by atoms with Crippen LogP contribution in [0.15, 0.2) is 47.6 Å². The van der Waals surface area contributed by atoms with Crippen molar-refractivity contribution < 1.29 is 18.4 Å². The lowest BCUT2D eigenvalue weighted by molar-refractivity contribution is -0.116. The predicted molar refractivity (Wildman–Crippen MR) is 115 cm³/mol. The number of aromatic nitrogens is 3. The fourth-order valence-electron chi connectivity index (χ4n) is 2.86. The highest BCUT2D eigenvalue weighted by atomic mass is 32.2. The Balaban J connectivity index is 1.59. The number of thioether (sulfide) groups is 1.